The van der Waals surface area contributed by atoms with Crippen LogP contribution in [-0.2, 0) is 9.53 Å². The summed E-state index contributed by atoms with van der Waals surface area (Å²) >= 11 is 4.59. The van der Waals surface area contributed by atoms with E-state index < -0.39 is 0 Å². The molecule has 0 saturated carbocycles. The number of methoxy groups -OCH3 is 1. The third-order valence-electron chi connectivity index (χ3n) is 2.50. The van der Waals surface area contributed by atoms with Gasteiger partial charge in [0.05, 0.1) is 22.8 Å². The summed E-state index contributed by atoms with van der Waals surface area (Å²) in [6.07, 6.45) is 2.01. The summed E-state index contributed by atoms with van der Waals surface area (Å²) in [4.78, 5) is 25.7. The smallest absolute Gasteiger partial charge is 0.348 e. The molecule has 0 spiro atoms. The van der Waals surface area contributed by atoms with Crippen LogP contribution < -0.4 is 4.90 Å². The first-order chi connectivity index (χ1) is 8.67. The van der Waals surface area contributed by atoms with Crippen LogP contribution in [0.25, 0.3) is 0 Å². The third-order valence-corrected chi connectivity index (χ3v) is 5.46. The van der Waals surface area contributed by atoms with Gasteiger partial charge in [-0.15, -0.1) is 23.1 Å². The maximum atomic E-state index is 11.9. The average Bonchev–Trinajstić information content (AvgIpc) is 2.81. The van der Waals surface area contributed by atoms with E-state index in [0.717, 1.165) is 15.6 Å². The molecule has 1 aromatic heterocycles. The van der Waals surface area contributed by atoms with Crippen LogP contribution >= 0.6 is 34.9 Å². The van der Waals surface area contributed by atoms with Gasteiger partial charge in [-0.25, -0.2) is 4.79 Å². The molecule has 1 aliphatic heterocycles. The number of hydrogen-bond donors (Lipinski definition) is 0. The molecule has 7 heteroatoms. The molecule has 98 valence electrons. The lowest BCUT2D eigenvalue weighted by Gasteiger charge is -2.26. The van der Waals surface area contributed by atoms with Crippen LogP contribution in [0.15, 0.2) is 10.3 Å². The van der Waals surface area contributed by atoms with E-state index >= 15 is 0 Å². The van der Waals surface area contributed by atoms with Crippen molar-refractivity contribution in [2.24, 2.45) is 0 Å². The minimum absolute atomic E-state index is 0.107. The molecule has 2 heterocycles. The summed E-state index contributed by atoms with van der Waals surface area (Å²) in [5.41, 5.74) is 0.857. The lowest BCUT2D eigenvalue weighted by molar-refractivity contribution is -0.116. The second-order valence-corrected chi connectivity index (χ2v) is 6.88. The zero-order valence-electron chi connectivity index (χ0n) is 10.1. The van der Waals surface area contributed by atoms with Crippen molar-refractivity contribution in [3.05, 3.63) is 10.9 Å². The molecule has 0 N–H and O–H groups in total. The molecule has 0 saturated heterocycles. The highest BCUT2D eigenvalue weighted by Gasteiger charge is 2.28. The number of anilines is 1. The minimum Gasteiger partial charge on any atom is -0.465 e. The van der Waals surface area contributed by atoms with E-state index in [2.05, 4.69) is 0 Å². The Morgan fingerprint density at radius 3 is 3.06 bits per heavy atom. The summed E-state index contributed by atoms with van der Waals surface area (Å²) in [6, 6.07) is 1.76. The number of nitrogens with zero attached hydrogens (tertiary/aromatic N) is 1. The molecule has 18 heavy (non-hydrogen) atoms. The molecule has 0 atom stereocenters. The Morgan fingerprint density at radius 1 is 1.61 bits per heavy atom. The predicted octanol–water partition coefficient (Wildman–Crippen LogP) is 2.34. The number of ether oxygens (including phenoxy) is 1. The lowest BCUT2D eigenvalue weighted by Crippen LogP contribution is -2.36. The fourth-order valence-electron chi connectivity index (χ4n) is 1.62. The summed E-state index contributed by atoms with van der Waals surface area (Å²) in [5, 5.41) is 0. The molecule has 1 aliphatic rings. The van der Waals surface area contributed by atoms with Gasteiger partial charge in [-0.2, -0.15) is 11.8 Å². The Morgan fingerprint density at radius 2 is 2.39 bits per heavy atom. The second kappa shape index (κ2) is 5.99. The van der Waals surface area contributed by atoms with Gasteiger partial charge in [-0.05, 0) is 12.3 Å². The Balaban J connectivity index is 2.28. The van der Waals surface area contributed by atoms with E-state index in [1.54, 1.807) is 22.7 Å². The largest absolute Gasteiger partial charge is 0.465 e. The second-order valence-electron chi connectivity index (χ2n) is 3.60. The van der Waals surface area contributed by atoms with Crippen LogP contribution in [0.4, 0.5) is 5.69 Å². The number of thioether (sulfide) groups is 2. The van der Waals surface area contributed by atoms with Gasteiger partial charge in [0.1, 0.15) is 4.88 Å². The maximum absolute atomic E-state index is 11.9. The Bertz CT molecular complexity index is 472. The summed E-state index contributed by atoms with van der Waals surface area (Å²) in [7, 11) is 1.37. The van der Waals surface area contributed by atoms with Crippen LogP contribution in [0.2, 0.25) is 0 Å². The van der Waals surface area contributed by atoms with Gasteiger partial charge in [-0.3, -0.25) is 4.79 Å². The zero-order chi connectivity index (χ0) is 13.1. The number of carbonyl (C=O) groups excluding carboxylic acids is 2. The monoisotopic (exact) mass is 303 g/mol. The standard InChI is InChI=1S/C11H13NO3S3/c1-15-10(14)8-5-7-11(18-8)17-6-9(13)12(7)3-4-16-2/h5H,3-4,6H2,1-2H3. The summed E-state index contributed by atoms with van der Waals surface area (Å²) < 4.78 is 5.74. The fourth-order valence-corrected chi connectivity index (χ4v) is 4.21. The highest BCUT2D eigenvalue weighted by Crippen LogP contribution is 2.42. The fraction of sp³-hybridized carbons (Fsp3) is 0.455. The lowest BCUT2D eigenvalue weighted by atomic mass is 10.3. The summed E-state index contributed by atoms with van der Waals surface area (Å²) in [6.45, 7) is 0.685. The molecule has 0 aromatic carbocycles. The van der Waals surface area contributed by atoms with Crippen molar-refractivity contribution in [2.45, 2.75) is 4.21 Å². The predicted molar refractivity (Wildman–Crippen MR) is 77.1 cm³/mol. The van der Waals surface area contributed by atoms with Crippen molar-refractivity contribution in [2.75, 3.05) is 36.3 Å². The number of fused-ring (bicyclic) bond motifs is 1. The molecule has 4 nitrogen and oxygen atoms in total. The number of hydrogen-bond acceptors (Lipinski definition) is 6. The van der Waals surface area contributed by atoms with Gasteiger partial charge in [-0.1, -0.05) is 0 Å². The van der Waals surface area contributed by atoms with E-state index in [-0.39, 0.29) is 11.9 Å². The molecular weight excluding hydrogens is 290 g/mol. The van der Waals surface area contributed by atoms with Crippen LogP contribution in [0.5, 0.6) is 0 Å². The Hall–Kier alpha value is -0.660. The normalized spacial score (nSPS) is 14.6. The topological polar surface area (TPSA) is 46.6 Å². The first-order valence-corrected chi connectivity index (χ1v) is 8.51. The zero-order valence-corrected chi connectivity index (χ0v) is 12.5. The average molecular weight is 303 g/mol. The van der Waals surface area contributed by atoms with Gasteiger partial charge in [0.15, 0.2) is 0 Å². The minimum atomic E-state index is -0.340. The number of thiophene rings is 1. The van der Waals surface area contributed by atoms with Crippen molar-refractivity contribution in [3.63, 3.8) is 0 Å². The SMILES string of the molecule is COC(=O)c1cc2c(s1)SCC(=O)N2CCSC. The van der Waals surface area contributed by atoms with E-state index in [1.165, 1.54) is 30.2 Å². The van der Waals surface area contributed by atoms with E-state index in [9.17, 15) is 9.59 Å². The highest BCUT2D eigenvalue weighted by molar-refractivity contribution is 8.02. The van der Waals surface area contributed by atoms with Crippen molar-refractivity contribution in [1.29, 1.82) is 0 Å². The van der Waals surface area contributed by atoms with Crippen LogP contribution in [0.3, 0.4) is 0 Å². The van der Waals surface area contributed by atoms with Crippen LogP contribution in [0, 0.1) is 0 Å². The van der Waals surface area contributed by atoms with Crippen molar-refractivity contribution in [1.82, 2.24) is 0 Å². The van der Waals surface area contributed by atoms with Gasteiger partial charge >= 0.3 is 5.97 Å². The summed E-state index contributed by atoms with van der Waals surface area (Å²) in [5.74, 6) is 1.10. The Kier molecular flexibility index (Phi) is 4.58. The van der Waals surface area contributed by atoms with Gasteiger partial charge < -0.3 is 9.64 Å². The van der Waals surface area contributed by atoms with Gasteiger partial charge in [0.2, 0.25) is 5.91 Å². The van der Waals surface area contributed by atoms with Crippen molar-refractivity contribution >= 4 is 52.4 Å². The van der Waals surface area contributed by atoms with E-state index in [1.807, 2.05) is 6.26 Å². The Labute approximate surface area is 118 Å². The van der Waals surface area contributed by atoms with Crippen LogP contribution in [0.1, 0.15) is 9.67 Å². The van der Waals surface area contributed by atoms with Crippen molar-refractivity contribution < 1.29 is 14.3 Å². The maximum Gasteiger partial charge on any atom is 0.348 e. The van der Waals surface area contributed by atoms with Gasteiger partial charge in [0.25, 0.3) is 0 Å². The number of amides is 1. The molecule has 0 radical (unpaired) electrons. The van der Waals surface area contributed by atoms with Crippen LogP contribution in [-0.4, -0.2) is 43.3 Å². The molecule has 0 bridgehead atoms. The molecule has 0 aliphatic carbocycles. The number of rotatable bonds is 4. The van der Waals surface area contributed by atoms with Gasteiger partial charge in [0, 0.05) is 12.3 Å². The molecule has 2 rings (SSSR count). The third kappa shape index (κ3) is 2.67. The first kappa shape index (κ1) is 13.8. The molecular formula is C11H13NO3S3. The molecule has 0 fully saturated rings. The molecule has 0 unspecified atom stereocenters. The van der Waals surface area contributed by atoms with E-state index in [0.29, 0.717) is 17.2 Å². The van der Waals surface area contributed by atoms with E-state index in [4.69, 9.17) is 4.74 Å². The quantitative estimate of drug-likeness (QED) is 0.799. The number of carbonyl (C=O) groups is 2. The molecule has 1 amide bonds. The van der Waals surface area contributed by atoms with Crippen molar-refractivity contribution in [3.8, 4) is 0 Å². The highest BCUT2D eigenvalue weighted by atomic mass is 32.2. The first-order valence-electron chi connectivity index (χ1n) is 5.31. The number of esters is 1. The molecule has 1 aromatic rings.